The van der Waals surface area contributed by atoms with Crippen molar-refractivity contribution in [1.29, 1.82) is 0 Å². The number of benzene rings is 1. The van der Waals surface area contributed by atoms with Crippen LogP contribution in [0.1, 0.15) is 52.0 Å². The molecule has 2 aromatic heterocycles. The van der Waals surface area contributed by atoms with Crippen LogP contribution in [0.5, 0.6) is 0 Å². The van der Waals surface area contributed by atoms with E-state index in [1.165, 1.54) is 4.57 Å². The van der Waals surface area contributed by atoms with Crippen molar-refractivity contribution in [2.24, 2.45) is 0 Å². The number of rotatable bonds is 10. The van der Waals surface area contributed by atoms with E-state index in [1.807, 2.05) is 32.0 Å². The van der Waals surface area contributed by atoms with Crippen molar-refractivity contribution in [3.05, 3.63) is 57.0 Å². The minimum absolute atomic E-state index is 0.338. The molecule has 0 aliphatic heterocycles. The molecular weight excluding hydrogens is 394 g/mol. The third-order valence-electron chi connectivity index (χ3n) is 5.39. The Morgan fingerprint density at radius 3 is 2.48 bits per heavy atom. The highest BCUT2D eigenvalue weighted by Crippen LogP contribution is 2.12. The topological polar surface area (TPSA) is 90.9 Å². The van der Waals surface area contributed by atoms with Gasteiger partial charge in [-0.3, -0.25) is 14.2 Å². The number of imidazole rings is 1. The van der Waals surface area contributed by atoms with Crippen molar-refractivity contribution >= 4 is 22.8 Å². The number of carbonyl (C=O) groups excluding carboxylic acids is 1. The normalized spacial score (nSPS) is 11.2. The summed E-state index contributed by atoms with van der Waals surface area (Å²) in [5.41, 5.74) is 1.55. The molecule has 3 aromatic rings. The number of unbranched alkanes of at least 4 members (excludes halogenated alkanes) is 2. The second-order valence-corrected chi connectivity index (χ2v) is 7.74. The first-order valence-electron chi connectivity index (χ1n) is 11.1. The van der Waals surface area contributed by atoms with Gasteiger partial charge in [0, 0.05) is 18.8 Å². The highest BCUT2D eigenvalue weighted by atomic mass is 16.2. The number of fused-ring (bicyclic) bond motifs is 1. The predicted molar refractivity (Wildman–Crippen MR) is 123 cm³/mol. The van der Waals surface area contributed by atoms with Gasteiger partial charge in [0.05, 0.1) is 6.33 Å². The number of hydrogen-bond donors (Lipinski definition) is 1. The number of anilines is 1. The number of nitrogens with zero attached hydrogens (tertiary/aromatic N) is 4. The van der Waals surface area contributed by atoms with Crippen molar-refractivity contribution in [3.63, 3.8) is 0 Å². The Kier molecular flexibility index (Phi) is 7.44. The van der Waals surface area contributed by atoms with Gasteiger partial charge < -0.3 is 9.88 Å². The molecule has 0 atom stereocenters. The summed E-state index contributed by atoms with van der Waals surface area (Å²) >= 11 is 0. The molecule has 1 aromatic carbocycles. The summed E-state index contributed by atoms with van der Waals surface area (Å²) in [5, 5.41) is 2.80. The Morgan fingerprint density at radius 1 is 1.03 bits per heavy atom. The molecule has 0 radical (unpaired) electrons. The van der Waals surface area contributed by atoms with E-state index in [4.69, 9.17) is 0 Å². The molecule has 3 rings (SSSR count). The van der Waals surface area contributed by atoms with Crippen molar-refractivity contribution in [1.82, 2.24) is 18.7 Å². The number of hydrogen-bond acceptors (Lipinski definition) is 4. The lowest BCUT2D eigenvalue weighted by molar-refractivity contribution is -0.116. The molecule has 166 valence electrons. The SMILES string of the molecule is CCCCn1cnc2c1c(=O)n(CC(=O)Nc1cccc(CC)c1)c(=O)n2CCCC. The zero-order chi connectivity index (χ0) is 22.4. The highest BCUT2D eigenvalue weighted by Gasteiger charge is 2.19. The summed E-state index contributed by atoms with van der Waals surface area (Å²) in [7, 11) is 0. The largest absolute Gasteiger partial charge is 0.333 e. The van der Waals surface area contributed by atoms with Gasteiger partial charge in [-0.25, -0.2) is 14.3 Å². The molecule has 31 heavy (non-hydrogen) atoms. The van der Waals surface area contributed by atoms with E-state index in [9.17, 15) is 14.4 Å². The molecule has 0 unspecified atom stereocenters. The third kappa shape index (κ3) is 4.95. The second kappa shape index (κ2) is 10.2. The first-order chi connectivity index (χ1) is 15.0. The molecule has 0 aliphatic carbocycles. The van der Waals surface area contributed by atoms with Crippen LogP contribution in [0.4, 0.5) is 5.69 Å². The quantitative estimate of drug-likeness (QED) is 0.540. The average molecular weight is 426 g/mol. The van der Waals surface area contributed by atoms with Crippen LogP contribution < -0.4 is 16.6 Å². The summed E-state index contributed by atoms with van der Waals surface area (Å²) in [4.78, 5) is 43.4. The van der Waals surface area contributed by atoms with Gasteiger partial charge in [-0.15, -0.1) is 0 Å². The Labute approximate surface area is 181 Å². The lowest BCUT2D eigenvalue weighted by Crippen LogP contribution is -2.43. The van der Waals surface area contributed by atoms with Crippen molar-refractivity contribution in [2.45, 2.75) is 72.5 Å². The lowest BCUT2D eigenvalue weighted by atomic mass is 10.1. The fourth-order valence-corrected chi connectivity index (χ4v) is 3.61. The van der Waals surface area contributed by atoms with E-state index in [0.717, 1.165) is 42.2 Å². The van der Waals surface area contributed by atoms with Gasteiger partial charge in [0.15, 0.2) is 11.2 Å². The lowest BCUT2D eigenvalue weighted by Gasteiger charge is -2.13. The molecule has 0 fully saturated rings. The van der Waals surface area contributed by atoms with Crippen LogP contribution in [-0.2, 0) is 30.8 Å². The highest BCUT2D eigenvalue weighted by molar-refractivity contribution is 5.90. The molecule has 0 saturated heterocycles. The smallest absolute Gasteiger partial charge is 0.325 e. The van der Waals surface area contributed by atoms with Crippen LogP contribution in [0, 0.1) is 0 Å². The Balaban J connectivity index is 2.00. The first kappa shape index (κ1) is 22.5. The van der Waals surface area contributed by atoms with Gasteiger partial charge >= 0.3 is 5.69 Å². The van der Waals surface area contributed by atoms with E-state index >= 15 is 0 Å². The Hall–Kier alpha value is -3.16. The maximum atomic E-state index is 13.2. The molecule has 8 heteroatoms. The molecule has 0 saturated carbocycles. The van der Waals surface area contributed by atoms with Gasteiger partial charge in [-0.05, 0) is 37.0 Å². The minimum Gasteiger partial charge on any atom is -0.325 e. The fraction of sp³-hybridized carbons (Fsp3) is 0.478. The second-order valence-electron chi connectivity index (χ2n) is 7.74. The zero-order valence-electron chi connectivity index (χ0n) is 18.6. The van der Waals surface area contributed by atoms with Crippen molar-refractivity contribution in [3.8, 4) is 0 Å². The number of carbonyl (C=O) groups is 1. The van der Waals surface area contributed by atoms with Crippen LogP contribution in [0.3, 0.4) is 0 Å². The Morgan fingerprint density at radius 2 is 1.77 bits per heavy atom. The van der Waals surface area contributed by atoms with E-state index in [1.54, 1.807) is 17.0 Å². The third-order valence-corrected chi connectivity index (χ3v) is 5.39. The molecule has 2 heterocycles. The zero-order valence-corrected chi connectivity index (χ0v) is 18.6. The molecule has 0 aliphatic rings. The standard InChI is InChI=1S/C23H31N5O3/c1-4-7-12-26-16-24-21-20(26)22(30)28(23(31)27(21)13-8-5-2)15-19(29)25-18-11-9-10-17(6-3)14-18/h9-11,14,16H,4-8,12-13,15H2,1-3H3,(H,25,29). The maximum Gasteiger partial charge on any atom is 0.333 e. The van der Waals surface area contributed by atoms with E-state index in [0.29, 0.717) is 29.9 Å². The predicted octanol–water partition coefficient (Wildman–Crippen LogP) is 3.16. The van der Waals surface area contributed by atoms with Crippen LogP contribution in [-0.4, -0.2) is 24.6 Å². The molecule has 0 spiro atoms. The molecular formula is C23H31N5O3. The molecule has 1 amide bonds. The van der Waals surface area contributed by atoms with Gasteiger partial charge in [-0.2, -0.15) is 0 Å². The van der Waals surface area contributed by atoms with Crippen molar-refractivity contribution < 1.29 is 4.79 Å². The van der Waals surface area contributed by atoms with Crippen molar-refractivity contribution in [2.75, 3.05) is 5.32 Å². The fourth-order valence-electron chi connectivity index (χ4n) is 3.61. The van der Waals surface area contributed by atoms with Crippen LogP contribution in [0.25, 0.3) is 11.2 Å². The van der Waals surface area contributed by atoms with Gasteiger partial charge in [0.1, 0.15) is 6.54 Å². The van der Waals surface area contributed by atoms with Crippen LogP contribution in [0.2, 0.25) is 0 Å². The monoisotopic (exact) mass is 425 g/mol. The van der Waals surface area contributed by atoms with Gasteiger partial charge in [-0.1, -0.05) is 45.7 Å². The van der Waals surface area contributed by atoms with Gasteiger partial charge in [0.2, 0.25) is 5.91 Å². The molecule has 0 bridgehead atoms. The molecule has 1 N–H and O–H groups in total. The number of aryl methyl sites for hydroxylation is 3. The van der Waals surface area contributed by atoms with Crippen LogP contribution >= 0.6 is 0 Å². The van der Waals surface area contributed by atoms with E-state index in [2.05, 4.69) is 17.2 Å². The van der Waals surface area contributed by atoms with E-state index in [-0.39, 0.29) is 6.54 Å². The summed E-state index contributed by atoms with van der Waals surface area (Å²) in [6.07, 6.45) is 6.02. The summed E-state index contributed by atoms with van der Waals surface area (Å²) in [6, 6.07) is 7.54. The maximum absolute atomic E-state index is 13.2. The van der Waals surface area contributed by atoms with E-state index < -0.39 is 17.2 Å². The van der Waals surface area contributed by atoms with Crippen LogP contribution in [0.15, 0.2) is 40.2 Å². The first-order valence-corrected chi connectivity index (χ1v) is 11.1. The summed E-state index contributed by atoms with van der Waals surface area (Å²) in [5.74, 6) is -0.409. The Bertz CT molecular complexity index is 1170. The number of amides is 1. The average Bonchev–Trinajstić information content (AvgIpc) is 3.19. The summed E-state index contributed by atoms with van der Waals surface area (Å²) in [6.45, 7) is 6.91. The van der Waals surface area contributed by atoms with Gasteiger partial charge in [0.25, 0.3) is 5.56 Å². The number of nitrogens with one attached hydrogen (secondary N) is 1. The number of aromatic nitrogens is 4. The summed E-state index contributed by atoms with van der Waals surface area (Å²) < 4.78 is 4.34. The minimum atomic E-state index is -0.496. The molecule has 8 nitrogen and oxygen atoms in total.